The number of hydrogen-bond donors (Lipinski definition) is 1. The summed E-state index contributed by atoms with van der Waals surface area (Å²) < 4.78 is 7.69. The molecule has 26 heavy (non-hydrogen) atoms. The molecule has 0 spiro atoms. The SMILES string of the molecule is C[Si](C)(C)CCOCn1cc(C#N)c2c(NC3CCCC3)nc(Cl)nc21. The van der Waals surface area contributed by atoms with Gasteiger partial charge in [-0.1, -0.05) is 32.5 Å². The highest BCUT2D eigenvalue weighted by Gasteiger charge is 2.21. The van der Waals surface area contributed by atoms with Gasteiger partial charge in [-0.3, -0.25) is 0 Å². The highest BCUT2D eigenvalue weighted by atomic mass is 35.5. The van der Waals surface area contributed by atoms with Crippen molar-refractivity contribution < 1.29 is 4.74 Å². The second kappa shape index (κ2) is 7.95. The Labute approximate surface area is 160 Å². The molecule has 1 saturated carbocycles. The van der Waals surface area contributed by atoms with Crippen LogP contribution in [0, 0.1) is 11.3 Å². The van der Waals surface area contributed by atoms with Gasteiger partial charge in [0, 0.05) is 26.9 Å². The van der Waals surface area contributed by atoms with Crippen LogP contribution in [-0.2, 0) is 11.5 Å². The molecule has 1 aliphatic carbocycles. The van der Waals surface area contributed by atoms with E-state index in [2.05, 4.69) is 41.0 Å². The van der Waals surface area contributed by atoms with Crippen molar-refractivity contribution in [2.24, 2.45) is 0 Å². The Kier molecular flexibility index (Phi) is 5.85. The number of nitrogens with one attached hydrogen (secondary N) is 1. The molecule has 0 saturated heterocycles. The molecule has 0 aromatic carbocycles. The zero-order valence-electron chi connectivity index (χ0n) is 15.7. The van der Waals surface area contributed by atoms with Crippen LogP contribution in [-0.4, -0.2) is 35.3 Å². The Morgan fingerprint density at radius 1 is 1.35 bits per heavy atom. The fraction of sp³-hybridized carbons (Fsp3) is 0.611. The van der Waals surface area contributed by atoms with Crippen molar-refractivity contribution in [3.05, 3.63) is 17.0 Å². The number of halogens is 1. The van der Waals surface area contributed by atoms with Crippen LogP contribution >= 0.6 is 11.6 Å². The molecule has 0 bridgehead atoms. The van der Waals surface area contributed by atoms with Gasteiger partial charge in [0.2, 0.25) is 5.28 Å². The minimum absolute atomic E-state index is 0.184. The van der Waals surface area contributed by atoms with Crippen LogP contribution in [0.4, 0.5) is 5.82 Å². The maximum atomic E-state index is 9.57. The van der Waals surface area contributed by atoms with Gasteiger partial charge in [-0.25, -0.2) is 0 Å². The molecule has 0 unspecified atom stereocenters. The lowest BCUT2D eigenvalue weighted by molar-refractivity contribution is 0.0898. The maximum absolute atomic E-state index is 9.57. The summed E-state index contributed by atoms with van der Waals surface area (Å²) in [6.07, 6.45) is 6.45. The van der Waals surface area contributed by atoms with E-state index >= 15 is 0 Å². The van der Waals surface area contributed by atoms with Crippen molar-refractivity contribution >= 4 is 36.5 Å². The quantitative estimate of drug-likeness (QED) is 0.423. The van der Waals surface area contributed by atoms with Gasteiger partial charge in [-0.2, -0.15) is 15.2 Å². The highest BCUT2D eigenvalue weighted by molar-refractivity contribution is 6.76. The van der Waals surface area contributed by atoms with Gasteiger partial charge in [0.25, 0.3) is 0 Å². The number of aromatic nitrogens is 3. The van der Waals surface area contributed by atoms with Crippen LogP contribution < -0.4 is 5.32 Å². The van der Waals surface area contributed by atoms with Crippen molar-refractivity contribution in [2.75, 3.05) is 11.9 Å². The molecule has 0 atom stereocenters. The van der Waals surface area contributed by atoms with Crippen molar-refractivity contribution in [3.8, 4) is 6.07 Å². The second-order valence-corrected chi connectivity index (χ2v) is 14.1. The predicted molar refractivity (Wildman–Crippen MR) is 107 cm³/mol. The molecule has 0 radical (unpaired) electrons. The van der Waals surface area contributed by atoms with Crippen LogP contribution in [0.5, 0.6) is 0 Å². The summed E-state index contributed by atoms with van der Waals surface area (Å²) in [5, 5.41) is 13.9. The molecule has 2 aromatic heterocycles. The summed E-state index contributed by atoms with van der Waals surface area (Å²) in [4.78, 5) is 8.72. The number of nitrogens with zero attached hydrogens (tertiary/aromatic N) is 4. The van der Waals surface area contributed by atoms with E-state index in [-0.39, 0.29) is 5.28 Å². The first-order chi connectivity index (χ1) is 12.4. The summed E-state index contributed by atoms with van der Waals surface area (Å²) in [6.45, 7) is 8.04. The minimum atomic E-state index is -1.13. The third-order valence-electron chi connectivity index (χ3n) is 4.73. The molecule has 1 aliphatic rings. The highest BCUT2D eigenvalue weighted by Crippen LogP contribution is 2.30. The van der Waals surface area contributed by atoms with Crippen LogP contribution in [0.1, 0.15) is 31.2 Å². The van der Waals surface area contributed by atoms with Gasteiger partial charge in [-0.05, 0) is 30.5 Å². The molecule has 0 aliphatic heterocycles. The summed E-state index contributed by atoms with van der Waals surface area (Å²) >= 11 is 6.16. The largest absolute Gasteiger partial charge is 0.367 e. The molecule has 1 N–H and O–H groups in total. The van der Waals surface area contributed by atoms with Crippen LogP contribution in [0.25, 0.3) is 11.0 Å². The normalized spacial score (nSPS) is 15.5. The molecule has 2 aromatic rings. The average molecular weight is 392 g/mol. The van der Waals surface area contributed by atoms with Crippen molar-refractivity contribution in [3.63, 3.8) is 0 Å². The van der Waals surface area contributed by atoms with Gasteiger partial charge in [0.15, 0.2) is 0 Å². The first-order valence-corrected chi connectivity index (χ1v) is 13.3. The Hall–Kier alpha value is -1.62. The maximum Gasteiger partial charge on any atom is 0.226 e. The monoisotopic (exact) mass is 391 g/mol. The fourth-order valence-corrected chi connectivity index (χ4v) is 4.17. The summed E-state index contributed by atoms with van der Waals surface area (Å²) in [5.74, 6) is 0.657. The fourth-order valence-electron chi connectivity index (χ4n) is 3.25. The zero-order chi connectivity index (χ0) is 18.7. The van der Waals surface area contributed by atoms with Gasteiger partial charge < -0.3 is 14.6 Å². The third-order valence-corrected chi connectivity index (χ3v) is 6.61. The number of ether oxygens (including phenoxy) is 1. The molecule has 6 nitrogen and oxygen atoms in total. The van der Waals surface area contributed by atoms with Crippen molar-refractivity contribution in [1.29, 1.82) is 5.26 Å². The van der Waals surface area contributed by atoms with E-state index in [0.29, 0.717) is 36.4 Å². The average Bonchev–Trinajstić information content (AvgIpc) is 3.18. The lowest BCUT2D eigenvalue weighted by atomic mass is 10.2. The van der Waals surface area contributed by atoms with Crippen LogP contribution in [0.2, 0.25) is 31.0 Å². The van der Waals surface area contributed by atoms with E-state index in [1.54, 1.807) is 6.20 Å². The summed E-state index contributed by atoms with van der Waals surface area (Å²) in [6, 6.07) is 3.74. The number of hydrogen-bond acceptors (Lipinski definition) is 5. The molecule has 8 heteroatoms. The first kappa shape index (κ1) is 19.1. The van der Waals surface area contributed by atoms with Gasteiger partial charge in [0.1, 0.15) is 24.3 Å². The summed E-state index contributed by atoms with van der Waals surface area (Å²) in [7, 11) is -1.13. The minimum Gasteiger partial charge on any atom is -0.367 e. The Morgan fingerprint density at radius 3 is 2.73 bits per heavy atom. The molecular weight excluding hydrogens is 366 g/mol. The zero-order valence-corrected chi connectivity index (χ0v) is 17.4. The summed E-state index contributed by atoms with van der Waals surface area (Å²) in [5.41, 5.74) is 1.20. The number of rotatable bonds is 7. The van der Waals surface area contributed by atoms with E-state index < -0.39 is 8.07 Å². The van der Waals surface area contributed by atoms with E-state index in [1.807, 2.05) is 4.57 Å². The Balaban J connectivity index is 1.85. The number of fused-ring (bicyclic) bond motifs is 1. The molecule has 1 fully saturated rings. The van der Waals surface area contributed by atoms with Gasteiger partial charge in [-0.15, -0.1) is 0 Å². The molecule has 2 heterocycles. The molecule has 0 amide bonds. The Bertz CT molecular complexity index is 818. The Morgan fingerprint density at radius 2 is 2.08 bits per heavy atom. The van der Waals surface area contributed by atoms with Crippen molar-refractivity contribution in [1.82, 2.24) is 14.5 Å². The number of anilines is 1. The molecule has 3 rings (SSSR count). The molecular formula is C18H26ClN5OSi. The predicted octanol–water partition coefficient (Wildman–Crippen LogP) is 4.62. The van der Waals surface area contributed by atoms with E-state index in [0.717, 1.165) is 24.3 Å². The van der Waals surface area contributed by atoms with E-state index in [9.17, 15) is 5.26 Å². The topological polar surface area (TPSA) is 75.8 Å². The smallest absolute Gasteiger partial charge is 0.226 e. The van der Waals surface area contributed by atoms with Crippen molar-refractivity contribution in [2.45, 2.75) is 64.1 Å². The lowest BCUT2D eigenvalue weighted by Gasteiger charge is -2.16. The first-order valence-electron chi connectivity index (χ1n) is 9.18. The van der Waals surface area contributed by atoms with Gasteiger partial charge in [0.05, 0.1) is 10.9 Å². The second-order valence-electron chi connectivity index (χ2n) is 8.14. The number of nitriles is 1. The van der Waals surface area contributed by atoms with Gasteiger partial charge >= 0.3 is 0 Å². The standard InChI is InChI=1S/C18H26ClN5OSi/c1-26(2,3)9-8-25-12-24-11-13(10-20)15-16(21-14-6-4-5-7-14)22-18(19)23-17(15)24/h11,14H,4-9,12H2,1-3H3,(H,21,22,23). The van der Waals surface area contributed by atoms with Crippen LogP contribution in [0.3, 0.4) is 0 Å². The van der Waals surface area contributed by atoms with Crippen LogP contribution in [0.15, 0.2) is 6.20 Å². The van der Waals surface area contributed by atoms with E-state index in [1.165, 1.54) is 12.8 Å². The lowest BCUT2D eigenvalue weighted by Crippen LogP contribution is -2.22. The third kappa shape index (κ3) is 4.56. The molecule has 140 valence electrons. The van der Waals surface area contributed by atoms with E-state index in [4.69, 9.17) is 16.3 Å².